The maximum Gasteiger partial charge on any atom is 0.311 e. The summed E-state index contributed by atoms with van der Waals surface area (Å²) in [7, 11) is 1.47. The number of nitrogens with two attached hydrogens (primary N) is 1. The molecule has 20 nitrogen and oxygen atoms in total. The van der Waals surface area contributed by atoms with Gasteiger partial charge in [-0.25, -0.2) is 9.97 Å². The molecule has 91 heavy (non-hydrogen) atoms. The summed E-state index contributed by atoms with van der Waals surface area (Å²) in [5.41, 5.74) is 6.80. The number of nitrogen functional groups attached to an aromatic ring is 1. The number of imidazole rings is 1. The Morgan fingerprint density at radius 3 is 2.09 bits per heavy atom. The summed E-state index contributed by atoms with van der Waals surface area (Å²) < 4.78 is 13.0. The number of nitrogens with zero attached hydrogens (tertiary/aromatic N) is 6. The fourth-order valence-corrected chi connectivity index (χ4v) is 12.3. The summed E-state index contributed by atoms with van der Waals surface area (Å²) >= 11 is 0. The summed E-state index contributed by atoms with van der Waals surface area (Å²) in [6, 6.07) is 35.4. The molecule has 0 aliphatic carbocycles. The highest BCUT2D eigenvalue weighted by molar-refractivity contribution is 6.06. The summed E-state index contributed by atoms with van der Waals surface area (Å²) in [5.74, 6) is 5.00. The zero-order chi connectivity index (χ0) is 66.2. The number of aliphatic hydroxyl groups is 1. The first-order valence-corrected chi connectivity index (χ1v) is 31.2. The highest BCUT2D eigenvalue weighted by Crippen LogP contribution is 2.50. The number of aryl methyl sites for hydroxylation is 1. The lowest BCUT2D eigenvalue weighted by Gasteiger charge is -2.42. The van der Waals surface area contributed by atoms with Crippen LogP contribution in [-0.2, 0) is 64.3 Å². The molecule has 0 radical (unpaired) electrons. The van der Waals surface area contributed by atoms with Gasteiger partial charge in [0, 0.05) is 87.4 Å². The number of para-hydroxylation sites is 2. The third-order valence-corrected chi connectivity index (χ3v) is 17.6. The Morgan fingerprint density at radius 2 is 1.38 bits per heavy atom. The molecule has 5 atom stereocenters. The number of methoxy groups -OCH3 is 1. The van der Waals surface area contributed by atoms with Crippen LogP contribution in [0.4, 0.5) is 11.5 Å². The number of nitrogens with one attached hydrogen (secondary N) is 4. The molecule has 5 amide bonds. The van der Waals surface area contributed by atoms with Crippen molar-refractivity contribution >= 4 is 68.9 Å². The van der Waals surface area contributed by atoms with Crippen molar-refractivity contribution in [1.29, 1.82) is 10.5 Å². The van der Waals surface area contributed by atoms with Crippen molar-refractivity contribution in [3.8, 4) is 24.0 Å². The van der Waals surface area contributed by atoms with E-state index >= 15 is 0 Å². The van der Waals surface area contributed by atoms with Crippen molar-refractivity contribution in [2.75, 3.05) is 50.6 Å². The summed E-state index contributed by atoms with van der Waals surface area (Å²) in [5, 5.41) is 44.1. The Morgan fingerprint density at radius 1 is 0.725 bits per heavy atom. The van der Waals surface area contributed by atoms with Gasteiger partial charge >= 0.3 is 5.97 Å². The highest BCUT2D eigenvalue weighted by Gasteiger charge is 2.52. The van der Waals surface area contributed by atoms with Gasteiger partial charge in [-0.3, -0.25) is 28.8 Å². The van der Waals surface area contributed by atoms with E-state index in [9.17, 15) is 44.4 Å². The van der Waals surface area contributed by atoms with Crippen molar-refractivity contribution in [3.63, 3.8) is 0 Å². The molecule has 20 heteroatoms. The zero-order valence-electron chi connectivity index (χ0n) is 54.0. The van der Waals surface area contributed by atoms with Crippen molar-refractivity contribution in [2.45, 2.75) is 145 Å². The average molecular weight is 1240 g/mol. The molecule has 6 aromatic rings. The number of carbonyl (C=O) groups excluding carboxylic acids is 6. The lowest BCUT2D eigenvalue weighted by atomic mass is 9.60. The second-order valence-electron chi connectivity index (χ2n) is 25.6. The van der Waals surface area contributed by atoms with E-state index in [-0.39, 0.29) is 116 Å². The van der Waals surface area contributed by atoms with Crippen LogP contribution in [0.2, 0.25) is 0 Å². The fourth-order valence-electron chi connectivity index (χ4n) is 12.3. The standard InChI is InChI=1S/C71H87N11O9/c1-10-57-80-61-62(54-21-14-15-22-55(54)79-63(61)74)82(57)42-50-26-24-49(25-27-50)41-77-59(85)31-36-76-64(87)68(5,45-69(6,44-67(3,4)46-72)66(89)91-39-38-90-9)33-17-34-71(8,65(88)78-40-48(2)83)70(7,47-73)35-30-58(84)75-37-32-60(86)81-43-53-20-12-11-18-51(53)28-29-52-19-13-16-23-56(52)81/h11-16,18-27,48,83H,10,17,30-45H2,1-9H3,(H2,74,79)(H,75,84)(H,76,87)(H,77,85)(H,78,88). The number of carbonyl (C=O) groups is 6. The largest absolute Gasteiger partial charge is 0.463 e. The van der Waals surface area contributed by atoms with Gasteiger partial charge in [0.2, 0.25) is 29.5 Å². The van der Waals surface area contributed by atoms with Gasteiger partial charge in [0.05, 0.1) is 69.8 Å². The molecule has 7 N–H and O–H groups in total. The monoisotopic (exact) mass is 1240 g/mol. The molecule has 0 saturated carbocycles. The maximum atomic E-state index is 14.9. The summed E-state index contributed by atoms with van der Waals surface area (Å²) in [4.78, 5) is 95.8. The molecule has 1 aliphatic rings. The van der Waals surface area contributed by atoms with Gasteiger partial charge in [-0.15, -0.1) is 0 Å². The Hall–Kier alpha value is -9.16. The number of pyridine rings is 1. The SMILES string of the molecule is CCc1nc2c(N)nc3ccccc3c2n1Cc1ccc(CNC(=O)CCNC(=O)C(C)(CCCC(C)(C(=O)NCC(C)O)C(C)(C#N)CCC(=O)NCCC(=O)N2Cc3ccccc3C#Cc3ccccc32)CC(C)(CC(C)(C)C#N)C(=O)OCCOC)cc1. The molecule has 2 aromatic heterocycles. The molecule has 0 spiro atoms. The number of fused-ring (bicyclic) bond motifs is 5. The van der Waals surface area contributed by atoms with Crippen LogP contribution in [0.25, 0.3) is 21.9 Å². The van der Waals surface area contributed by atoms with Crippen LogP contribution in [0, 0.1) is 61.6 Å². The minimum atomic E-state index is -1.53. The van der Waals surface area contributed by atoms with E-state index in [2.05, 4.69) is 54.8 Å². The molecule has 1 aliphatic heterocycles. The van der Waals surface area contributed by atoms with E-state index in [1.807, 2.05) is 104 Å². The second kappa shape index (κ2) is 30.6. The Balaban J connectivity index is 1.03. The quantitative estimate of drug-likeness (QED) is 0.0135. The van der Waals surface area contributed by atoms with Gasteiger partial charge < -0.3 is 51.0 Å². The molecule has 7 rings (SSSR count). The molecule has 0 fully saturated rings. The lowest BCUT2D eigenvalue weighted by Crippen LogP contribution is -2.51. The molecular formula is C71H87N11O9. The van der Waals surface area contributed by atoms with Crippen LogP contribution >= 0.6 is 0 Å². The molecule has 0 saturated heterocycles. The molecule has 480 valence electrons. The third-order valence-electron chi connectivity index (χ3n) is 17.6. The summed E-state index contributed by atoms with van der Waals surface area (Å²) in [6.45, 7) is 14.5. The number of hydrogen-bond donors (Lipinski definition) is 6. The van der Waals surface area contributed by atoms with E-state index in [1.54, 1.807) is 46.4 Å². The zero-order valence-corrected chi connectivity index (χ0v) is 54.0. The number of aliphatic hydroxyl groups excluding tert-OH is 1. The maximum absolute atomic E-state index is 14.9. The predicted octanol–water partition coefficient (Wildman–Crippen LogP) is 8.87. The van der Waals surface area contributed by atoms with E-state index < -0.39 is 56.9 Å². The number of hydrogen-bond acceptors (Lipinski definition) is 14. The Labute approximate surface area is 534 Å². The molecule has 4 aromatic carbocycles. The van der Waals surface area contributed by atoms with E-state index in [1.165, 1.54) is 14.0 Å². The number of ether oxygens (including phenoxy) is 2. The van der Waals surface area contributed by atoms with Crippen molar-refractivity contribution < 1.29 is 43.3 Å². The van der Waals surface area contributed by atoms with Gasteiger partial charge in [0.15, 0.2) is 5.82 Å². The fraction of sp³-hybridized carbons (Fsp3) is 0.465. The second-order valence-corrected chi connectivity index (χ2v) is 25.6. The van der Waals surface area contributed by atoms with Crippen LogP contribution in [-0.4, -0.2) is 101 Å². The molecule has 3 heterocycles. The van der Waals surface area contributed by atoms with Crippen LogP contribution < -0.4 is 31.9 Å². The van der Waals surface area contributed by atoms with E-state index in [4.69, 9.17) is 20.2 Å². The lowest BCUT2D eigenvalue weighted by molar-refractivity contribution is -0.161. The van der Waals surface area contributed by atoms with Gasteiger partial charge in [-0.2, -0.15) is 10.5 Å². The first kappa shape index (κ1) is 69.3. The Bertz CT molecular complexity index is 3780. The normalized spacial score (nSPS) is 14.9. The predicted molar refractivity (Wildman–Crippen MR) is 349 cm³/mol. The topological polar surface area (TPSA) is 297 Å². The number of amides is 5. The van der Waals surface area contributed by atoms with E-state index in [0.717, 1.165) is 44.5 Å². The smallest absolute Gasteiger partial charge is 0.311 e. The number of anilines is 2. The van der Waals surface area contributed by atoms with Gasteiger partial charge in [0.1, 0.15) is 17.9 Å². The molecular weight excluding hydrogens is 1150 g/mol. The van der Waals surface area contributed by atoms with Gasteiger partial charge in [-0.05, 0) is 115 Å². The van der Waals surface area contributed by atoms with Crippen molar-refractivity contribution in [2.24, 2.45) is 27.1 Å². The van der Waals surface area contributed by atoms with Crippen LogP contribution in [0.1, 0.15) is 147 Å². The number of esters is 1. The first-order chi connectivity index (χ1) is 43.3. The summed E-state index contributed by atoms with van der Waals surface area (Å²) in [6.07, 6.45) is -0.498. The number of nitriles is 2. The first-order valence-electron chi connectivity index (χ1n) is 31.2. The minimum absolute atomic E-state index is 0.00411. The molecule has 5 unspecified atom stereocenters. The van der Waals surface area contributed by atoms with Gasteiger partial charge in [0.25, 0.3) is 0 Å². The van der Waals surface area contributed by atoms with Gasteiger partial charge in [-0.1, -0.05) is 105 Å². The van der Waals surface area contributed by atoms with Crippen LogP contribution in [0.5, 0.6) is 0 Å². The van der Waals surface area contributed by atoms with Crippen molar-refractivity contribution in [1.82, 2.24) is 35.8 Å². The average Bonchev–Trinajstić information content (AvgIpc) is 1.76. The van der Waals surface area contributed by atoms with Crippen LogP contribution in [0.15, 0.2) is 97.1 Å². The molecule has 0 bridgehead atoms. The minimum Gasteiger partial charge on any atom is -0.463 e. The Kier molecular flexibility index (Phi) is 23.3. The van der Waals surface area contributed by atoms with E-state index in [0.29, 0.717) is 35.6 Å². The number of benzene rings is 4. The number of rotatable bonds is 31. The van der Waals surface area contributed by atoms with Crippen LogP contribution in [0.3, 0.4) is 0 Å². The highest BCUT2D eigenvalue weighted by atomic mass is 16.6. The number of aromatic nitrogens is 3. The third kappa shape index (κ3) is 17.2. The van der Waals surface area contributed by atoms with Crippen molar-refractivity contribution in [3.05, 3.63) is 131 Å².